The van der Waals surface area contributed by atoms with E-state index in [1.807, 2.05) is 0 Å². The average Bonchev–Trinajstić information content (AvgIpc) is 2.81. The molecule has 0 aromatic carbocycles. The molecule has 3 amide bonds. The minimum atomic E-state index is -0.661. The molecule has 0 fully saturated rings. The summed E-state index contributed by atoms with van der Waals surface area (Å²) in [4.78, 5) is 34.1. The van der Waals surface area contributed by atoms with E-state index in [0.717, 1.165) is 4.68 Å². The minimum absolute atomic E-state index is 0.0397. The quantitative estimate of drug-likeness (QED) is 0.551. The number of esters is 1. The van der Waals surface area contributed by atoms with Crippen molar-refractivity contribution < 1.29 is 19.1 Å². The molecular weight excluding hydrogens is 268 g/mol. The molecule has 10 heteroatoms. The lowest BCUT2D eigenvalue weighted by Gasteiger charge is -2.06. The number of hydrogen-bond acceptors (Lipinski definition) is 7. The van der Waals surface area contributed by atoms with E-state index < -0.39 is 17.9 Å². The maximum absolute atomic E-state index is 11.6. The van der Waals surface area contributed by atoms with Crippen LogP contribution in [0.2, 0.25) is 0 Å². The summed E-state index contributed by atoms with van der Waals surface area (Å²) in [5, 5.41) is 11.6. The fourth-order valence-corrected chi connectivity index (χ4v) is 1.38. The highest BCUT2D eigenvalue weighted by Crippen LogP contribution is 2.06. The zero-order valence-electron chi connectivity index (χ0n) is 11.2. The first-order valence-corrected chi connectivity index (χ1v) is 5.84. The van der Waals surface area contributed by atoms with Crippen LogP contribution >= 0.6 is 0 Å². The van der Waals surface area contributed by atoms with Crippen LogP contribution in [0.5, 0.6) is 0 Å². The topological polar surface area (TPSA) is 141 Å². The Labute approximate surface area is 114 Å². The second-order valence-electron chi connectivity index (χ2n) is 3.59. The van der Waals surface area contributed by atoms with Crippen LogP contribution in [0, 0.1) is 0 Å². The fraction of sp³-hybridized carbons (Fsp3) is 0.500. The summed E-state index contributed by atoms with van der Waals surface area (Å²) >= 11 is 0. The number of nitrogens with two attached hydrogens (primary N) is 1. The predicted octanol–water partition coefficient (Wildman–Crippen LogP) is -1.63. The van der Waals surface area contributed by atoms with Gasteiger partial charge in [0, 0.05) is 13.6 Å². The number of carbonyl (C=O) groups is 3. The molecule has 0 unspecified atom stereocenters. The van der Waals surface area contributed by atoms with Crippen molar-refractivity contribution >= 4 is 17.9 Å². The van der Waals surface area contributed by atoms with Crippen molar-refractivity contribution in [2.24, 2.45) is 5.73 Å². The molecular formula is C10H16N6O4. The van der Waals surface area contributed by atoms with Gasteiger partial charge in [-0.25, -0.2) is 14.3 Å². The summed E-state index contributed by atoms with van der Waals surface area (Å²) < 4.78 is 5.94. The van der Waals surface area contributed by atoms with Gasteiger partial charge in [-0.3, -0.25) is 10.1 Å². The van der Waals surface area contributed by atoms with Gasteiger partial charge in [0.05, 0.1) is 12.3 Å². The van der Waals surface area contributed by atoms with E-state index in [2.05, 4.69) is 20.9 Å². The highest BCUT2D eigenvalue weighted by atomic mass is 16.5. The van der Waals surface area contributed by atoms with Gasteiger partial charge in [-0.05, 0) is 6.92 Å². The second kappa shape index (κ2) is 7.19. The van der Waals surface area contributed by atoms with E-state index in [1.54, 1.807) is 6.92 Å². The number of imide groups is 1. The summed E-state index contributed by atoms with van der Waals surface area (Å²) in [7, 11) is 1.38. The molecule has 1 heterocycles. The van der Waals surface area contributed by atoms with Crippen molar-refractivity contribution in [2.45, 2.75) is 20.0 Å². The number of nitrogens with one attached hydrogen (secondary N) is 2. The summed E-state index contributed by atoms with van der Waals surface area (Å²) in [6, 6.07) is -0.643. The zero-order valence-corrected chi connectivity index (χ0v) is 11.2. The summed E-state index contributed by atoms with van der Waals surface area (Å²) in [6.45, 7) is 1.51. The molecule has 0 aliphatic carbocycles. The molecule has 1 rings (SSSR count). The number of urea groups is 1. The molecule has 1 aromatic rings. The van der Waals surface area contributed by atoms with Gasteiger partial charge in [0.15, 0.2) is 5.69 Å². The van der Waals surface area contributed by atoms with E-state index in [-0.39, 0.29) is 31.1 Å². The third-order valence-corrected chi connectivity index (χ3v) is 2.27. The Hall–Kier alpha value is -2.49. The van der Waals surface area contributed by atoms with Gasteiger partial charge < -0.3 is 15.8 Å². The van der Waals surface area contributed by atoms with Crippen molar-refractivity contribution in [3.05, 3.63) is 11.4 Å². The number of amides is 3. The molecule has 0 saturated carbocycles. The Balaban J connectivity index is 2.83. The van der Waals surface area contributed by atoms with Crippen molar-refractivity contribution in [1.82, 2.24) is 25.6 Å². The maximum atomic E-state index is 11.6. The molecule has 4 N–H and O–H groups in total. The molecule has 0 saturated heterocycles. The number of nitrogens with zero attached hydrogens (tertiary/aromatic N) is 3. The van der Waals surface area contributed by atoms with Crippen LogP contribution in [0.3, 0.4) is 0 Å². The molecule has 0 radical (unpaired) electrons. The Morgan fingerprint density at radius 3 is 2.65 bits per heavy atom. The number of rotatable bonds is 5. The van der Waals surface area contributed by atoms with Crippen LogP contribution in [0.4, 0.5) is 4.79 Å². The molecule has 0 spiro atoms. The lowest BCUT2D eigenvalue weighted by atomic mass is 10.3. The molecule has 110 valence electrons. The van der Waals surface area contributed by atoms with E-state index in [9.17, 15) is 14.4 Å². The Morgan fingerprint density at radius 2 is 2.10 bits per heavy atom. The van der Waals surface area contributed by atoms with Gasteiger partial charge in [-0.1, -0.05) is 5.21 Å². The summed E-state index contributed by atoms with van der Waals surface area (Å²) in [5.41, 5.74) is 5.73. The van der Waals surface area contributed by atoms with Crippen molar-refractivity contribution in [3.8, 4) is 0 Å². The van der Waals surface area contributed by atoms with Crippen LogP contribution in [0.15, 0.2) is 0 Å². The van der Waals surface area contributed by atoms with E-state index in [4.69, 9.17) is 10.5 Å². The van der Waals surface area contributed by atoms with Gasteiger partial charge in [-0.15, -0.1) is 5.10 Å². The van der Waals surface area contributed by atoms with Crippen LogP contribution in [-0.2, 0) is 22.6 Å². The smallest absolute Gasteiger partial charge is 0.360 e. The van der Waals surface area contributed by atoms with Crippen LogP contribution in [0.25, 0.3) is 0 Å². The van der Waals surface area contributed by atoms with Crippen LogP contribution < -0.4 is 16.4 Å². The predicted molar refractivity (Wildman–Crippen MR) is 66.5 cm³/mol. The molecule has 0 aliphatic heterocycles. The lowest BCUT2D eigenvalue weighted by molar-refractivity contribution is -0.120. The molecule has 1 aromatic heterocycles. The molecule has 20 heavy (non-hydrogen) atoms. The molecule has 0 aliphatic rings. The Morgan fingerprint density at radius 1 is 1.40 bits per heavy atom. The lowest BCUT2D eigenvalue weighted by Crippen LogP contribution is -2.39. The van der Waals surface area contributed by atoms with Crippen molar-refractivity contribution in [2.75, 3.05) is 13.7 Å². The van der Waals surface area contributed by atoms with Gasteiger partial charge in [0.1, 0.15) is 6.54 Å². The van der Waals surface area contributed by atoms with Gasteiger partial charge >= 0.3 is 12.0 Å². The average molecular weight is 284 g/mol. The van der Waals surface area contributed by atoms with Crippen LogP contribution in [-0.4, -0.2) is 46.6 Å². The van der Waals surface area contributed by atoms with E-state index in [0.29, 0.717) is 0 Å². The molecule has 0 bridgehead atoms. The largest absolute Gasteiger partial charge is 0.461 e. The summed E-state index contributed by atoms with van der Waals surface area (Å²) in [5.74, 6) is -1.27. The molecule has 10 nitrogen and oxygen atoms in total. The molecule has 0 atom stereocenters. The third kappa shape index (κ3) is 3.75. The van der Waals surface area contributed by atoms with Gasteiger partial charge in [-0.2, -0.15) is 0 Å². The third-order valence-electron chi connectivity index (χ3n) is 2.27. The number of hydrogen-bond donors (Lipinski definition) is 3. The Kier molecular flexibility index (Phi) is 5.59. The monoisotopic (exact) mass is 284 g/mol. The van der Waals surface area contributed by atoms with Crippen molar-refractivity contribution in [3.63, 3.8) is 0 Å². The first-order valence-electron chi connectivity index (χ1n) is 5.84. The van der Waals surface area contributed by atoms with Crippen LogP contribution in [0.1, 0.15) is 23.1 Å². The zero-order chi connectivity index (χ0) is 15.1. The SMILES string of the molecule is CCOC(=O)c1nnn(CC(=O)NC(=O)NC)c1CN. The first kappa shape index (κ1) is 15.6. The van der Waals surface area contributed by atoms with Gasteiger partial charge in [0.2, 0.25) is 5.91 Å². The fourth-order valence-electron chi connectivity index (χ4n) is 1.38. The van der Waals surface area contributed by atoms with Crippen molar-refractivity contribution in [1.29, 1.82) is 0 Å². The highest BCUT2D eigenvalue weighted by Gasteiger charge is 2.21. The number of ether oxygens (including phenoxy) is 1. The normalized spacial score (nSPS) is 9.95. The van der Waals surface area contributed by atoms with E-state index >= 15 is 0 Å². The second-order valence-corrected chi connectivity index (χ2v) is 3.59. The maximum Gasteiger partial charge on any atom is 0.360 e. The summed E-state index contributed by atoms with van der Waals surface area (Å²) in [6.07, 6.45) is 0. The highest BCUT2D eigenvalue weighted by molar-refractivity contribution is 5.94. The first-order chi connectivity index (χ1) is 9.53. The van der Waals surface area contributed by atoms with E-state index in [1.165, 1.54) is 7.05 Å². The minimum Gasteiger partial charge on any atom is -0.461 e. The van der Waals surface area contributed by atoms with Gasteiger partial charge in [0.25, 0.3) is 0 Å². The standard InChI is InChI=1S/C10H16N6O4/c1-3-20-9(18)8-6(4-11)16(15-14-8)5-7(17)13-10(19)12-2/h3-5,11H2,1-2H3,(H2,12,13,17,19). The Bertz CT molecular complexity index is 512. The number of aromatic nitrogens is 3. The number of carbonyl (C=O) groups excluding carboxylic acids is 3.